The summed E-state index contributed by atoms with van der Waals surface area (Å²) in [6.45, 7) is 0.730. The number of carbonyl (C=O) groups excluding carboxylic acids is 1. The van der Waals surface area contributed by atoms with Crippen LogP contribution in [0.15, 0.2) is 65.7 Å². The molecule has 162 valence electrons. The van der Waals surface area contributed by atoms with Crippen LogP contribution in [0.4, 0.5) is 4.39 Å². The quantitative estimate of drug-likeness (QED) is 0.650. The van der Waals surface area contributed by atoms with Crippen molar-refractivity contribution in [2.45, 2.75) is 23.0 Å². The van der Waals surface area contributed by atoms with E-state index in [0.717, 1.165) is 11.1 Å². The van der Waals surface area contributed by atoms with E-state index >= 15 is 0 Å². The van der Waals surface area contributed by atoms with Crippen molar-refractivity contribution in [3.05, 3.63) is 72.3 Å². The second kappa shape index (κ2) is 8.55. The number of halogens is 1. The van der Waals surface area contributed by atoms with Crippen LogP contribution in [0, 0.1) is 5.82 Å². The number of amides is 1. The molecule has 2 heterocycles. The van der Waals surface area contributed by atoms with E-state index in [1.807, 2.05) is 0 Å². The van der Waals surface area contributed by atoms with Gasteiger partial charge in [0.1, 0.15) is 17.3 Å². The maximum atomic E-state index is 13.1. The summed E-state index contributed by atoms with van der Waals surface area (Å²) in [7, 11) is -1.94. The standard InChI is InChI=1S/C23H23FN2O4S/c1-30-19-6-8-20(9-7-19)31(28,29)21-10-12-26(13-11-21)23(27)22-14-17(15-25-22)16-2-4-18(24)5-3-16/h2-9,14-15,21,25H,10-13H2,1H3. The number of ether oxygens (including phenoxy) is 1. The van der Waals surface area contributed by atoms with Crippen LogP contribution in [-0.4, -0.2) is 49.7 Å². The van der Waals surface area contributed by atoms with E-state index in [2.05, 4.69) is 4.98 Å². The van der Waals surface area contributed by atoms with Gasteiger partial charge in [-0.3, -0.25) is 4.79 Å². The van der Waals surface area contributed by atoms with Crippen molar-refractivity contribution < 1.29 is 22.3 Å². The first-order chi connectivity index (χ1) is 14.9. The molecule has 0 saturated carbocycles. The first kappa shape index (κ1) is 21.1. The molecule has 1 aromatic heterocycles. The third kappa shape index (κ3) is 4.34. The summed E-state index contributed by atoms with van der Waals surface area (Å²) >= 11 is 0. The number of nitrogens with one attached hydrogen (secondary N) is 1. The summed E-state index contributed by atoms with van der Waals surface area (Å²) in [5.74, 6) is 0.113. The Labute approximate surface area is 180 Å². The van der Waals surface area contributed by atoms with Crippen molar-refractivity contribution in [1.82, 2.24) is 9.88 Å². The Morgan fingerprint density at radius 3 is 2.29 bits per heavy atom. The zero-order valence-corrected chi connectivity index (χ0v) is 17.9. The van der Waals surface area contributed by atoms with Gasteiger partial charge in [0.15, 0.2) is 9.84 Å². The lowest BCUT2D eigenvalue weighted by Gasteiger charge is -2.31. The topological polar surface area (TPSA) is 79.5 Å². The molecule has 1 amide bonds. The van der Waals surface area contributed by atoms with Crippen LogP contribution < -0.4 is 4.74 Å². The highest BCUT2D eigenvalue weighted by molar-refractivity contribution is 7.92. The molecule has 0 radical (unpaired) electrons. The fourth-order valence-electron chi connectivity index (χ4n) is 3.82. The number of hydrogen-bond acceptors (Lipinski definition) is 4. The van der Waals surface area contributed by atoms with Crippen molar-refractivity contribution in [2.24, 2.45) is 0 Å². The van der Waals surface area contributed by atoms with E-state index in [4.69, 9.17) is 4.74 Å². The minimum absolute atomic E-state index is 0.173. The number of methoxy groups -OCH3 is 1. The first-order valence-corrected chi connectivity index (χ1v) is 11.5. The van der Waals surface area contributed by atoms with Crippen molar-refractivity contribution in [1.29, 1.82) is 0 Å². The van der Waals surface area contributed by atoms with Gasteiger partial charge in [-0.2, -0.15) is 0 Å². The van der Waals surface area contributed by atoms with Crippen molar-refractivity contribution >= 4 is 15.7 Å². The summed E-state index contributed by atoms with van der Waals surface area (Å²) in [5, 5.41) is -0.525. The van der Waals surface area contributed by atoms with Crippen LogP contribution in [-0.2, 0) is 9.84 Å². The maximum Gasteiger partial charge on any atom is 0.270 e. The molecule has 0 bridgehead atoms. The van der Waals surface area contributed by atoms with Crippen LogP contribution in [0.3, 0.4) is 0 Å². The second-order valence-corrected chi connectivity index (χ2v) is 9.75. The largest absolute Gasteiger partial charge is 0.497 e. The average molecular weight is 443 g/mol. The molecule has 0 spiro atoms. The molecule has 3 aromatic rings. The van der Waals surface area contributed by atoms with Gasteiger partial charge in [-0.1, -0.05) is 12.1 Å². The molecule has 0 atom stereocenters. The van der Waals surface area contributed by atoms with Gasteiger partial charge in [-0.15, -0.1) is 0 Å². The number of sulfone groups is 1. The molecule has 6 nitrogen and oxygen atoms in total. The summed E-state index contributed by atoms with van der Waals surface area (Å²) in [6, 6.07) is 14.2. The number of piperidine rings is 1. The molecule has 8 heteroatoms. The molecule has 4 rings (SSSR count). The zero-order chi connectivity index (χ0) is 22.0. The highest BCUT2D eigenvalue weighted by atomic mass is 32.2. The van der Waals surface area contributed by atoms with Gasteiger partial charge < -0.3 is 14.6 Å². The third-order valence-electron chi connectivity index (χ3n) is 5.65. The molecular formula is C23H23FN2O4S. The maximum absolute atomic E-state index is 13.1. The minimum Gasteiger partial charge on any atom is -0.497 e. The summed E-state index contributed by atoms with van der Waals surface area (Å²) in [5.41, 5.74) is 2.03. The van der Waals surface area contributed by atoms with Crippen LogP contribution >= 0.6 is 0 Å². The monoisotopic (exact) mass is 442 g/mol. The predicted molar refractivity (Wildman–Crippen MR) is 115 cm³/mol. The molecule has 0 aliphatic carbocycles. The Hall–Kier alpha value is -3.13. The number of hydrogen-bond donors (Lipinski definition) is 1. The van der Waals surface area contributed by atoms with Gasteiger partial charge in [0, 0.05) is 19.3 Å². The molecule has 31 heavy (non-hydrogen) atoms. The van der Waals surface area contributed by atoms with Gasteiger partial charge in [0.25, 0.3) is 5.91 Å². The molecule has 2 aromatic carbocycles. The zero-order valence-electron chi connectivity index (χ0n) is 17.0. The third-order valence-corrected chi connectivity index (χ3v) is 7.93. The molecule has 0 unspecified atom stereocenters. The van der Waals surface area contributed by atoms with Gasteiger partial charge in [0.2, 0.25) is 0 Å². The predicted octanol–water partition coefficient (Wildman–Crippen LogP) is 3.91. The van der Waals surface area contributed by atoms with E-state index in [-0.39, 0.29) is 16.6 Å². The Morgan fingerprint density at radius 2 is 1.68 bits per heavy atom. The normalized spacial score (nSPS) is 15.1. The average Bonchev–Trinajstić information content (AvgIpc) is 3.29. The Balaban J connectivity index is 1.41. The molecule has 1 aliphatic heterocycles. The lowest BCUT2D eigenvalue weighted by Crippen LogP contribution is -2.42. The highest BCUT2D eigenvalue weighted by Gasteiger charge is 2.33. The SMILES string of the molecule is COc1ccc(S(=O)(=O)C2CCN(C(=O)c3cc(-c4ccc(F)cc4)c[nH]3)CC2)cc1. The molecule has 1 aliphatic rings. The van der Waals surface area contributed by atoms with Crippen molar-refractivity contribution in [2.75, 3.05) is 20.2 Å². The summed E-state index contributed by atoms with van der Waals surface area (Å²) in [4.78, 5) is 17.8. The number of nitrogens with zero attached hydrogens (tertiary/aromatic N) is 1. The van der Waals surface area contributed by atoms with Gasteiger partial charge in [-0.25, -0.2) is 12.8 Å². The number of H-pyrrole nitrogens is 1. The Kier molecular flexibility index (Phi) is 5.82. The highest BCUT2D eigenvalue weighted by Crippen LogP contribution is 2.27. The lowest BCUT2D eigenvalue weighted by molar-refractivity contribution is 0.0720. The molecular weight excluding hydrogens is 419 g/mol. The van der Waals surface area contributed by atoms with Gasteiger partial charge in [0.05, 0.1) is 17.3 Å². The van der Waals surface area contributed by atoms with Crippen molar-refractivity contribution in [3.8, 4) is 16.9 Å². The minimum atomic E-state index is -3.47. The lowest BCUT2D eigenvalue weighted by atomic mass is 10.1. The first-order valence-electron chi connectivity index (χ1n) is 10.00. The molecule has 1 N–H and O–H groups in total. The number of rotatable bonds is 5. The molecule has 1 saturated heterocycles. The van der Waals surface area contributed by atoms with E-state index in [9.17, 15) is 17.6 Å². The number of likely N-dealkylation sites (tertiary alicyclic amines) is 1. The number of benzene rings is 2. The Morgan fingerprint density at radius 1 is 1.03 bits per heavy atom. The van der Waals surface area contributed by atoms with E-state index in [1.165, 1.54) is 19.2 Å². The van der Waals surface area contributed by atoms with Gasteiger partial charge >= 0.3 is 0 Å². The fraction of sp³-hybridized carbons (Fsp3) is 0.261. The molecule has 1 fully saturated rings. The van der Waals surface area contributed by atoms with Crippen LogP contribution in [0.5, 0.6) is 5.75 Å². The van der Waals surface area contributed by atoms with Crippen LogP contribution in [0.25, 0.3) is 11.1 Å². The van der Waals surface area contributed by atoms with E-state index in [0.29, 0.717) is 37.4 Å². The Bertz CT molecular complexity index is 1160. The smallest absolute Gasteiger partial charge is 0.270 e. The fourth-order valence-corrected chi connectivity index (χ4v) is 5.56. The van der Waals surface area contributed by atoms with E-state index in [1.54, 1.807) is 53.6 Å². The van der Waals surface area contributed by atoms with Crippen LogP contribution in [0.2, 0.25) is 0 Å². The number of carbonyl (C=O) groups is 1. The van der Waals surface area contributed by atoms with E-state index < -0.39 is 15.1 Å². The van der Waals surface area contributed by atoms with Gasteiger partial charge in [-0.05, 0) is 66.4 Å². The number of aromatic amines is 1. The van der Waals surface area contributed by atoms with Crippen LogP contribution in [0.1, 0.15) is 23.3 Å². The number of aromatic nitrogens is 1. The second-order valence-electron chi connectivity index (χ2n) is 7.52. The van der Waals surface area contributed by atoms with Crippen molar-refractivity contribution in [3.63, 3.8) is 0 Å². The summed E-state index contributed by atoms with van der Waals surface area (Å²) in [6.07, 6.45) is 2.47. The summed E-state index contributed by atoms with van der Waals surface area (Å²) < 4.78 is 44.1.